The number of morpholine rings is 2. The smallest absolute Gasteiger partial charge is 0.257 e. The Bertz CT molecular complexity index is 1520. The summed E-state index contributed by atoms with van der Waals surface area (Å²) in [6.07, 6.45) is 2.79. The molecule has 10 nitrogen and oxygen atoms in total. The Kier molecular flexibility index (Phi) is 12.2. The fourth-order valence-corrected chi connectivity index (χ4v) is 5.33. The maximum atomic E-state index is 12.2. The van der Waals surface area contributed by atoms with Crippen LogP contribution in [0.1, 0.15) is 44.1 Å². The molecule has 2 fully saturated rings. The number of nitrogens with one attached hydrogen (secondary N) is 4. The van der Waals surface area contributed by atoms with Crippen molar-refractivity contribution < 1.29 is 19.1 Å². The molecule has 0 aliphatic carbocycles. The van der Waals surface area contributed by atoms with E-state index in [4.69, 9.17) is 55.9 Å². The molecule has 0 radical (unpaired) electrons. The number of carbonyl (C=O) groups excluding carboxylic acids is 2. The topological polar surface area (TPSA) is 126 Å². The number of pyridine rings is 2. The predicted molar refractivity (Wildman–Crippen MR) is 180 cm³/mol. The Morgan fingerprint density at radius 1 is 0.652 bits per heavy atom. The minimum Gasteiger partial charge on any atom is -0.371 e. The highest BCUT2D eigenvalue weighted by molar-refractivity contribution is 6.34. The molecule has 46 heavy (non-hydrogen) atoms. The number of halogens is 4. The Balaban J connectivity index is 0.000000181. The van der Waals surface area contributed by atoms with E-state index >= 15 is 0 Å². The second kappa shape index (κ2) is 16.5. The average Bonchev–Trinajstić information content (AvgIpc) is 3.08. The van der Waals surface area contributed by atoms with Gasteiger partial charge in [-0.3, -0.25) is 9.59 Å². The van der Waals surface area contributed by atoms with Gasteiger partial charge in [-0.25, -0.2) is 9.97 Å². The summed E-state index contributed by atoms with van der Waals surface area (Å²) in [4.78, 5) is 32.1. The Morgan fingerprint density at radius 2 is 1.09 bits per heavy atom. The SMILES string of the molecule is O=C(Nc1ccc([C@@H]2CNCCO2)cc1Cl)c1ccc(Cl)nc1.O=C(Nc1ccc([C@H]2CNCCO2)cc1Cl)c1ccc(Cl)nc1. The Morgan fingerprint density at radius 3 is 1.41 bits per heavy atom. The Hall–Kier alpha value is -3.32. The van der Waals surface area contributed by atoms with Crippen molar-refractivity contribution in [3.8, 4) is 0 Å². The summed E-state index contributed by atoms with van der Waals surface area (Å²) in [5.41, 5.74) is 3.86. The van der Waals surface area contributed by atoms with Gasteiger partial charge in [0.15, 0.2) is 0 Å². The summed E-state index contributed by atoms with van der Waals surface area (Å²) >= 11 is 24.0. The number of aromatic nitrogens is 2. The van der Waals surface area contributed by atoms with E-state index in [0.717, 1.165) is 37.3 Å². The lowest BCUT2D eigenvalue weighted by atomic mass is 10.1. The van der Waals surface area contributed by atoms with Crippen LogP contribution in [0.4, 0.5) is 11.4 Å². The van der Waals surface area contributed by atoms with Crippen LogP contribution in [0, 0.1) is 0 Å². The molecule has 2 aromatic heterocycles. The number of nitrogens with zero attached hydrogens (tertiary/aromatic N) is 2. The fourth-order valence-electron chi connectivity index (χ4n) is 4.63. The zero-order chi connectivity index (χ0) is 32.5. The van der Waals surface area contributed by atoms with Gasteiger partial charge in [-0.1, -0.05) is 58.5 Å². The van der Waals surface area contributed by atoms with Crippen molar-refractivity contribution in [2.45, 2.75) is 12.2 Å². The molecule has 2 saturated heterocycles. The maximum absolute atomic E-state index is 12.2. The van der Waals surface area contributed by atoms with Crippen molar-refractivity contribution >= 4 is 69.6 Å². The number of hydrogen-bond acceptors (Lipinski definition) is 8. The summed E-state index contributed by atoms with van der Waals surface area (Å²) in [5.74, 6) is -0.584. The normalized spacial score (nSPS) is 17.7. The fraction of sp³-hybridized carbons (Fsp3) is 0.250. The van der Waals surface area contributed by atoms with Crippen LogP contribution < -0.4 is 21.3 Å². The van der Waals surface area contributed by atoms with Crippen molar-refractivity contribution in [1.82, 2.24) is 20.6 Å². The van der Waals surface area contributed by atoms with E-state index in [-0.39, 0.29) is 24.0 Å². The van der Waals surface area contributed by atoms with Crippen molar-refractivity contribution in [2.24, 2.45) is 0 Å². The van der Waals surface area contributed by atoms with Gasteiger partial charge in [-0.2, -0.15) is 0 Å². The molecular formula is C32H30Cl4N6O4. The number of anilines is 2. The largest absolute Gasteiger partial charge is 0.371 e. The first-order valence-corrected chi connectivity index (χ1v) is 15.9. The molecule has 0 bridgehead atoms. The molecule has 2 amide bonds. The quantitative estimate of drug-likeness (QED) is 0.166. The monoisotopic (exact) mass is 702 g/mol. The van der Waals surface area contributed by atoms with Gasteiger partial charge in [0.1, 0.15) is 10.3 Å². The van der Waals surface area contributed by atoms with Gasteiger partial charge in [0, 0.05) is 38.6 Å². The van der Waals surface area contributed by atoms with Gasteiger partial charge in [-0.15, -0.1) is 0 Å². The zero-order valence-corrected chi connectivity index (χ0v) is 27.4. The number of ether oxygens (including phenoxy) is 2. The van der Waals surface area contributed by atoms with E-state index in [1.54, 1.807) is 36.4 Å². The van der Waals surface area contributed by atoms with Crippen LogP contribution in [-0.4, -0.2) is 61.2 Å². The van der Waals surface area contributed by atoms with Crippen LogP contribution in [0.15, 0.2) is 73.1 Å². The molecule has 6 rings (SSSR count). The van der Waals surface area contributed by atoms with Crippen LogP contribution in [0.3, 0.4) is 0 Å². The molecule has 0 spiro atoms. The first-order valence-electron chi connectivity index (χ1n) is 14.4. The van der Waals surface area contributed by atoms with Crippen LogP contribution >= 0.6 is 46.4 Å². The summed E-state index contributed by atoms with van der Waals surface area (Å²) in [6.45, 7) is 4.55. The highest BCUT2D eigenvalue weighted by atomic mass is 35.5. The van der Waals surface area contributed by atoms with E-state index < -0.39 is 0 Å². The lowest BCUT2D eigenvalue weighted by molar-refractivity contribution is 0.0276. The number of amides is 2. The second-order valence-corrected chi connectivity index (χ2v) is 11.8. The van der Waals surface area contributed by atoms with E-state index in [1.807, 2.05) is 24.3 Å². The second-order valence-electron chi connectivity index (χ2n) is 10.3. The third kappa shape index (κ3) is 9.37. The van der Waals surface area contributed by atoms with E-state index in [1.165, 1.54) is 12.4 Å². The molecule has 240 valence electrons. The summed E-state index contributed by atoms with van der Waals surface area (Å²) < 4.78 is 11.4. The first kappa shape index (κ1) is 34.0. The van der Waals surface area contributed by atoms with Crippen molar-refractivity contribution in [3.05, 3.63) is 116 Å². The molecule has 4 N–H and O–H groups in total. The third-order valence-corrected chi connectivity index (χ3v) is 8.13. The standard InChI is InChI=1S/2C16H15Cl2N3O2/c2*17-12-7-10(14-9-19-5-6-23-14)1-3-13(12)21-16(22)11-2-4-15(18)20-8-11/h2*1-4,7-8,14,19H,5-6,9H2,(H,21,22)/t2*14-/m10/s1. The van der Waals surface area contributed by atoms with Gasteiger partial charge < -0.3 is 30.7 Å². The summed E-state index contributed by atoms with van der Waals surface area (Å²) in [7, 11) is 0. The maximum Gasteiger partial charge on any atom is 0.257 e. The number of carbonyl (C=O) groups is 2. The van der Waals surface area contributed by atoms with Crippen molar-refractivity contribution in [3.63, 3.8) is 0 Å². The van der Waals surface area contributed by atoms with Crippen molar-refractivity contribution in [1.29, 1.82) is 0 Å². The molecule has 2 aliphatic rings. The van der Waals surface area contributed by atoms with E-state index in [0.29, 0.717) is 56.1 Å². The molecule has 2 atom stereocenters. The molecular weight excluding hydrogens is 674 g/mol. The average molecular weight is 704 g/mol. The van der Waals surface area contributed by atoms with E-state index in [9.17, 15) is 9.59 Å². The van der Waals surface area contributed by atoms with Gasteiger partial charge in [0.2, 0.25) is 0 Å². The van der Waals surface area contributed by atoms with Crippen LogP contribution in [0.5, 0.6) is 0 Å². The molecule has 4 heterocycles. The van der Waals surface area contributed by atoms with Gasteiger partial charge in [-0.05, 0) is 59.7 Å². The first-order chi connectivity index (χ1) is 22.3. The van der Waals surface area contributed by atoms with Crippen LogP contribution in [-0.2, 0) is 9.47 Å². The lowest BCUT2D eigenvalue weighted by Gasteiger charge is -2.24. The van der Waals surface area contributed by atoms with Gasteiger partial charge in [0.25, 0.3) is 11.8 Å². The molecule has 2 aliphatic heterocycles. The molecule has 4 aromatic rings. The van der Waals surface area contributed by atoms with Crippen LogP contribution in [0.2, 0.25) is 20.4 Å². The molecule has 0 saturated carbocycles. The van der Waals surface area contributed by atoms with Crippen LogP contribution in [0.25, 0.3) is 0 Å². The molecule has 0 unspecified atom stereocenters. The highest BCUT2D eigenvalue weighted by Gasteiger charge is 2.19. The zero-order valence-electron chi connectivity index (χ0n) is 24.4. The van der Waals surface area contributed by atoms with Gasteiger partial charge in [0.05, 0.1) is 58.0 Å². The minimum absolute atomic E-state index is 0.0218. The summed E-state index contributed by atoms with van der Waals surface area (Å²) in [5, 5.41) is 13.7. The van der Waals surface area contributed by atoms with Crippen molar-refractivity contribution in [2.75, 3.05) is 50.0 Å². The number of benzene rings is 2. The summed E-state index contributed by atoms with van der Waals surface area (Å²) in [6, 6.07) is 17.3. The number of rotatable bonds is 6. The molecule has 14 heteroatoms. The highest BCUT2D eigenvalue weighted by Crippen LogP contribution is 2.30. The Labute approximate surface area is 286 Å². The molecule has 2 aromatic carbocycles. The lowest BCUT2D eigenvalue weighted by Crippen LogP contribution is -2.33. The minimum atomic E-state index is -0.292. The predicted octanol–water partition coefficient (Wildman–Crippen LogP) is 6.60. The third-order valence-electron chi connectivity index (χ3n) is 7.06. The number of hydrogen-bond donors (Lipinski definition) is 4. The van der Waals surface area contributed by atoms with Gasteiger partial charge >= 0.3 is 0 Å². The van der Waals surface area contributed by atoms with E-state index in [2.05, 4.69) is 31.2 Å².